The van der Waals surface area contributed by atoms with Gasteiger partial charge in [-0.2, -0.15) is 0 Å². The number of primary amides is 1. The van der Waals surface area contributed by atoms with Crippen LogP contribution in [-0.2, 0) is 0 Å². The third-order valence-corrected chi connectivity index (χ3v) is 5.80. The second kappa shape index (κ2) is 8.08. The minimum atomic E-state index is -0.694. The van der Waals surface area contributed by atoms with Gasteiger partial charge in [0.1, 0.15) is 12.0 Å². The number of thiophene rings is 1. The van der Waals surface area contributed by atoms with Crippen molar-refractivity contribution in [3.63, 3.8) is 0 Å². The molecule has 0 saturated carbocycles. The molecule has 7 nitrogen and oxygen atoms in total. The molecule has 4 aromatic rings. The van der Waals surface area contributed by atoms with E-state index in [0.29, 0.717) is 11.4 Å². The van der Waals surface area contributed by atoms with Crippen molar-refractivity contribution < 1.29 is 9.59 Å². The molecule has 3 heterocycles. The average Bonchev–Trinajstić information content (AvgIpc) is 3.41. The predicted molar refractivity (Wildman–Crippen MR) is 116 cm³/mol. The topological polar surface area (TPSA) is 102 Å². The van der Waals surface area contributed by atoms with Gasteiger partial charge in [-0.25, -0.2) is 9.97 Å². The monoisotopic (exact) mass is 419 g/mol. The highest BCUT2D eigenvalue weighted by atomic mass is 32.1. The predicted octanol–water partition coefficient (Wildman–Crippen LogP) is 3.68. The fraction of sp³-hybridized carbons (Fsp3) is 0.182. The number of aromatic nitrogens is 3. The quantitative estimate of drug-likeness (QED) is 0.498. The molecule has 0 bridgehead atoms. The molecule has 1 aromatic carbocycles. The molecule has 30 heavy (non-hydrogen) atoms. The maximum atomic E-state index is 13.3. The van der Waals surface area contributed by atoms with Gasteiger partial charge in [0.15, 0.2) is 11.3 Å². The maximum Gasteiger partial charge on any atom is 0.271 e. The van der Waals surface area contributed by atoms with Crippen molar-refractivity contribution >= 4 is 28.8 Å². The number of hydrogen-bond acceptors (Lipinski definition) is 5. The number of rotatable bonds is 6. The minimum Gasteiger partial charge on any atom is -0.364 e. The Labute approximate surface area is 177 Å². The zero-order valence-corrected chi connectivity index (χ0v) is 17.4. The van der Waals surface area contributed by atoms with Crippen LogP contribution in [0.5, 0.6) is 0 Å². The lowest BCUT2D eigenvalue weighted by atomic mass is 10.0. The molecule has 0 aliphatic heterocycles. The average molecular weight is 420 g/mol. The van der Waals surface area contributed by atoms with Crippen molar-refractivity contribution in [2.45, 2.75) is 19.9 Å². The Bertz CT molecular complexity index is 1200. The summed E-state index contributed by atoms with van der Waals surface area (Å²) in [4.78, 5) is 34.9. The first kappa shape index (κ1) is 19.8. The summed E-state index contributed by atoms with van der Waals surface area (Å²) in [6.45, 7) is 4.12. The van der Waals surface area contributed by atoms with E-state index in [0.717, 1.165) is 10.4 Å². The Morgan fingerprint density at radius 2 is 1.90 bits per heavy atom. The Morgan fingerprint density at radius 3 is 2.53 bits per heavy atom. The number of imidazole rings is 1. The molecule has 0 aliphatic carbocycles. The molecule has 0 spiro atoms. The van der Waals surface area contributed by atoms with Crippen LogP contribution in [0.25, 0.3) is 16.9 Å². The molecule has 0 aliphatic rings. The molecule has 8 heteroatoms. The summed E-state index contributed by atoms with van der Waals surface area (Å²) in [6, 6.07) is 15.0. The van der Waals surface area contributed by atoms with Gasteiger partial charge < -0.3 is 11.1 Å². The van der Waals surface area contributed by atoms with Crippen LogP contribution in [0.15, 0.2) is 60.2 Å². The van der Waals surface area contributed by atoms with Gasteiger partial charge in [0.25, 0.3) is 11.8 Å². The van der Waals surface area contributed by atoms with Crippen LogP contribution in [0, 0.1) is 5.92 Å². The van der Waals surface area contributed by atoms with Gasteiger partial charge in [-0.1, -0.05) is 50.2 Å². The van der Waals surface area contributed by atoms with Crippen LogP contribution in [0.4, 0.5) is 0 Å². The number of nitrogens with one attached hydrogen (secondary N) is 1. The number of carbonyl (C=O) groups excluding carboxylic acids is 2. The third kappa shape index (κ3) is 3.69. The van der Waals surface area contributed by atoms with E-state index in [1.54, 1.807) is 17.4 Å². The number of carbonyl (C=O) groups is 2. The van der Waals surface area contributed by atoms with E-state index in [9.17, 15) is 9.59 Å². The molecule has 0 fully saturated rings. The number of benzene rings is 1. The van der Waals surface area contributed by atoms with E-state index in [1.807, 2.05) is 47.8 Å². The molecule has 2 amide bonds. The van der Waals surface area contributed by atoms with Gasteiger partial charge in [0.2, 0.25) is 0 Å². The van der Waals surface area contributed by atoms with Crippen molar-refractivity contribution in [3.05, 3.63) is 76.5 Å². The van der Waals surface area contributed by atoms with Crippen LogP contribution in [0.2, 0.25) is 0 Å². The summed E-state index contributed by atoms with van der Waals surface area (Å²) in [7, 11) is 0. The lowest BCUT2D eigenvalue weighted by molar-refractivity contribution is 0.0919. The van der Waals surface area contributed by atoms with Crippen LogP contribution in [0.3, 0.4) is 0 Å². The van der Waals surface area contributed by atoms with Gasteiger partial charge >= 0.3 is 0 Å². The normalized spacial score (nSPS) is 12.2. The number of nitrogens with two attached hydrogens (primary N) is 1. The van der Waals surface area contributed by atoms with Gasteiger partial charge in [0, 0.05) is 10.4 Å². The van der Waals surface area contributed by atoms with E-state index >= 15 is 0 Å². The number of amides is 2. The summed E-state index contributed by atoms with van der Waals surface area (Å²) in [5, 5.41) is 5.11. The second-order valence-electron chi connectivity index (χ2n) is 7.25. The summed E-state index contributed by atoms with van der Waals surface area (Å²) in [5.41, 5.74) is 7.48. The molecule has 152 valence electrons. The molecule has 4 rings (SSSR count). The molecule has 0 radical (unpaired) electrons. The zero-order valence-electron chi connectivity index (χ0n) is 16.6. The molecule has 3 N–H and O–H groups in total. The number of fused-ring (bicyclic) bond motifs is 1. The van der Waals surface area contributed by atoms with E-state index in [-0.39, 0.29) is 29.2 Å². The Kier molecular flexibility index (Phi) is 5.33. The van der Waals surface area contributed by atoms with Crippen LogP contribution in [0.1, 0.15) is 45.7 Å². The molecule has 0 saturated heterocycles. The lowest BCUT2D eigenvalue weighted by Crippen LogP contribution is -2.32. The van der Waals surface area contributed by atoms with Gasteiger partial charge in [-0.05, 0) is 23.4 Å². The second-order valence-corrected chi connectivity index (χ2v) is 8.23. The lowest BCUT2D eigenvalue weighted by Gasteiger charge is -2.21. The number of nitrogens with zero attached hydrogens (tertiary/aromatic N) is 3. The van der Waals surface area contributed by atoms with Gasteiger partial charge in [-0.3, -0.25) is 14.0 Å². The fourth-order valence-electron chi connectivity index (χ4n) is 3.33. The first-order valence-corrected chi connectivity index (χ1v) is 10.4. The molecular weight excluding hydrogens is 398 g/mol. The Morgan fingerprint density at radius 1 is 1.13 bits per heavy atom. The highest BCUT2D eigenvalue weighted by molar-refractivity contribution is 7.10. The minimum absolute atomic E-state index is 0.0282. The van der Waals surface area contributed by atoms with E-state index < -0.39 is 5.91 Å². The van der Waals surface area contributed by atoms with Crippen molar-refractivity contribution in [2.24, 2.45) is 11.7 Å². The maximum absolute atomic E-state index is 13.3. The number of hydrogen-bond donors (Lipinski definition) is 2. The Balaban J connectivity index is 1.82. The van der Waals surface area contributed by atoms with Crippen LogP contribution in [-0.4, -0.2) is 26.2 Å². The van der Waals surface area contributed by atoms with Gasteiger partial charge in [0.05, 0.1) is 11.7 Å². The Hall–Kier alpha value is -3.52. The first-order chi connectivity index (χ1) is 14.5. The summed E-state index contributed by atoms with van der Waals surface area (Å²) in [5.74, 6) is -0.775. The summed E-state index contributed by atoms with van der Waals surface area (Å²) in [6.07, 6.45) is 1.40. The van der Waals surface area contributed by atoms with Gasteiger partial charge in [-0.15, -0.1) is 11.3 Å². The highest BCUT2D eigenvalue weighted by Crippen LogP contribution is 2.27. The fourth-order valence-corrected chi connectivity index (χ4v) is 4.27. The largest absolute Gasteiger partial charge is 0.364 e. The van der Waals surface area contributed by atoms with Crippen molar-refractivity contribution in [3.8, 4) is 11.3 Å². The first-order valence-electron chi connectivity index (χ1n) is 9.53. The van der Waals surface area contributed by atoms with Crippen molar-refractivity contribution in [2.75, 3.05) is 0 Å². The molecular formula is C22H21N5O2S. The third-order valence-electron chi connectivity index (χ3n) is 4.84. The van der Waals surface area contributed by atoms with E-state index in [2.05, 4.69) is 29.1 Å². The molecule has 3 aromatic heterocycles. The summed E-state index contributed by atoms with van der Waals surface area (Å²) >= 11 is 1.60. The zero-order chi connectivity index (χ0) is 21.3. The van der Waals surface area contributed by atoms with E-state index in [4.69, 9.17) is 5.73 Å². The standard InChI is InChI=1S/C22H21N5O2S/c1-13(2)18(17-9-6-10-30-17)26-22(29)16-11-15(14-7-4-3-5-8-14)25-21-19(20(23)28)24-12-27(16)21/h3-13,18H,1-2H3,(H2,23,28)(H,26,29)/t18-/m1/s1. The van der Waals surface area contributed by atoms with Crippen LogP contribution >= 0.6 is 11.3 Å². The van der Waals surface area contributed by atoms with E-state index in [1.165, 1.54) is 10.7 Å². The molecule has 0 unspecified atom stereocenters. The smallest absolute Gasteiger partial charge is 0.271 e. The summed E-state index contributed by atoms with van der Waals surface area (Å²) < 4.78 is 1.51. The van der Waals surface area contributed by atoms with Crippen LogP contribution < -0.4 is 11.1 Å². The molecule has 1 atom stereocenters. The van der Waals surface area contributed by atoms with Crippen molar-refractivity contribution in [1.82, 2.24) is 19.7 Å². The highest BCUT2D eigenvalue weighted by Gasteiger charge is 2.24. The van der Waals surface area contributed by atoms with Crippen molar-refractivity contribution in [1.29, 1.82) is 0 Å². The SMILES string of the molecule is CC(C)[C@@H](NC(=O)c1cc(-c2ccccc2)nc2c(C(N)=O)ncn12)c1cccs1.